The zero-order valence-corrected chi connectivity index (χ0v) is 11.2. The largest absolute Gasteiger partial charge is 0.365 e. The number of carbonyl (C=O) groups is 1. The summed E-state index contributed by atoms with van der Waals surface area (Å²) in [6.45, 7) is 0. The molecule has 0 fully saturated rings. The Morgan fingerprint density at radius 1 is 1.47 bits per heavy atom. The molecule has 1 atom stereocenters. The number of primary amides is 1. The van der Waals surface area contributed by atoms with Crippen LogP contribution in [-0.4, -0.2) is 10.9 Å². The van der Waals surface area contributed by atoms with Gasteiger partial charge < -0.3 is 11.1 Å². The number of nitrogens with one attached hydrogen (secondary N) is 1. The summed E-state index contributed by atoms with van der Waals surface area (Å²) in [5.74, 6) is 0.135. The van der Waals surface area contributed by atoms with E-state index in [9.17, 15) is 4.79 Å². The summed E-state index contributed by atoms with van der Waals surface area (Å²) in [4.78, 5) is 17.1. The highest BCUT2D eigenvalue weighted by molar-refractivity contribution is 7.10. The third-order valence-electron chi connectivity index (χ3n) is 3.44. The third kappa shape index (κ3) is 2.33. The highest BCUT2D eigenvalue weighted by atomic mass is 32.1. The van der Waals surface area contributed by atoms with Gasteiger partial charge in [-0.1, -0.05) is 0 Å². The predicted octanol–water partition coefficient (Wildman–Crippen LogP) is 2.73. The summed E-state index contributed by atoms with van der Waals surface area (Å²) < 4.78 is 0. The van der Waals surface area contributed by atoms with E-state index >= 15 is 0 Å². The van der Waals surface area contributed by atoms with E-state index in [0.717, 1.165) is 19.3 Å². The molecule has 0 saturated carbocycles. The quantitative estimate of drug-likeness (QED) is 0.903. The fraction of sp³-hybridized carbons (Fsp3) is 0.286. The maximum Gasteiger partial charge on any atom is 0.252 e. The summed E-state index contributed by atoms with van der Waals surface area (Å²) in [5.41, 5.74) is 7.16. The molecule has 0 spiro atoms. The number of amides is 1. The van der Waals surface area contributed by atoms with E-state index in [1.54, 1.807) is 29.7 Å². The molecule has 4 nitrogen and oxygen atoms in total. The number of thiophene rings is 1. The zero-order valence-electron chi connectivity index (χ0n) is 10.4. The van der Waals surface area contributed by atoms with Gasteiger partial charge in [0.05, 0.1) is 11.6 Å². The second-order valence-corrected chi connectivity index (χ2v) is 5.65. The Labute approximate surface area is 115 Å². The molecule has 1 aliphatic carbocycles. The molecule has 2 aromatic rings. The minimum Gasteiger partial charge on any atom is -0.365 e. The molecule has 1 aliphatic rings. The first kappa shape index (κ1) is 12.2. The highest BCUT2D eigenvalue weighted by Gasteiger charge is 2.22. The van der Waals surface area contributed by atoms with Gasteiger partial charge in [-0.05, 0) is 48.4 Å². The average Bonchev–Trinajstić information content (AvgIpc) is 2.88. The number of aromatic nitrogens is 1. The molecule has 98 valence electrons. The Hall–Kier alpha value is -1.88. The maximum absolute atomic E-state index is 11.4. The molecule has 5 heteroatoms. The van der Waals surface area contributed by atoms with Crippen molar-refractivity contribution in [3.05, 3.63) is 45.8 Å². The van der Waals surface area contributed by atoms with Gasteiger partial charge in [-0.15, -0.1) is 11.3 Å². The lowest BCUT2D eigenvalue weighted by molar-refractivity contribution is 0.100. The number of hydrogen-bond donors (Lipinski definition) is 2. The molecule has 0 aromatic carbocycles. The van der Waals surface area contributed by atoms with E-state index in [1.807, 2.05) is 0 Å². The van der Waals surface area contributed by atoms with Crippen LogP contribution in [0.2, 0.25) is 0 Å². The van der Waals surface area contributed by atoms with Crippen LogP contribution in [0.4, 0.5) is 5.82 Å². The van der Waals surface area contributed by atoms with Crippen molar-refractivity contribution in [2.75, 3.05) is 5.32 Å². The summed E-state index contributed by atoms with van der Waals surface area (Å²) in [5, 5.41) is 5.49. The standard InChI is InChI=1S/C14H15N3OS/c15-13(18)10-3-2-7-16-14(10)17-11-4-1-5-12-9(11)6-8-19-12/h2-3,6-8,11H,1,4-5H2,(H2,15,18)(H,16,17). The normalized spacial score (nSPS) is 17.8. The number of carbonyl (C=O) groups excluding carboxylic acids is 1. The van der Waals surface area contributed by atoms with Crippen molar-refractivity contribution in [1.82, 2.24) is 4.98 Å². The van der Waals surface area contributed by atoms with Crippen molar-refractivity contribution in [2.24, 2.45) is 5.73 Å². The van der Waals surface area contributed by atoms with Crippen LogP contribution < -0.4 is 11.1 Å². The number of nitrogens with zero attached hydrogens (tertiary/aromatic N) is 1. The lowest BCUT2D eigenvalue weighted by Gasteiger charge is -2.24. The molecule has 2 heterocycles. The number of hydrogen-bond acceptors (Lipinski definition) is 4. The van der Waals surface area contributed by atoms with Crippen molar-refractivity contribution in [3.8, 4) is 0 Å². The van der Waals surface area contributed by atoms with Gasteiger partial charge in [-0.2, -0.15) is 0 Å². The van der Waals surface area contributed by atoms with Gasteiger partial charge in [0.1, 0.15) is 5.82 Å². The molecule has 0 saturated heterocycles. The van der Waals surface area contributed by atoms with E-state index < -0.39 is 5.91 Å². The third-order valence-corrected chi connectivity index (χ3v) is 4.43. The van der Waals surface area contributed by atoms with Gasteiger partial charge in [0.2, 0.25) is 0 Å². The molecule has 2 aromatic heterocycles. The van der Waals surface area contributed by atoms with Gasteiger partial charge in [0.25, 0.3) is 5.91 Å². The van der Waals surface area contributed by atoms with Crippen LogP contribution in [0.3, 0.4) is 0 Å². The first-order valence-corrected chi connectivity index (χ1v) is 7.21. The smallest absolute Gasteiger partial charge is 0.252 e. The molecule has 0 bridgehead atoms. The second-order valence-electron chi connectivity index (χ2n) is 4.65. The summed E-state index contributed by atoms with van der Waals surface area (Å²) in [6.07, 6.45) is 5.03. The summed E-state index contributed by atoms with van der Waals surface area (Å²) in [6, 6.07) is 5.81. The van der Waals surface area contributed by atoms with Gasteiger partial charge in [-0.3, -0.25) is 4.79 Å². The Balaban J connectivity index is 1.90. The van der Waals surface area contributed by atoms with Crippen molar-refractivity contribution in [2.45, 2.75) is 25.3 Å². The number of aryl methyl sites for hydroxylation is 1. The van der Waals surface area contributed by atoms with Crippen LogP contribution in [0.15, 0.2) is 29.8 Å². The van der Waals surface area contributed by atoms with Crippen molar-refractivity contribution < 1.29 is 4.79 Å². The van der Waals surface area contributed by atoms with E-state index in [-0.39, 0.29) is 6.04 Å². The molecule has 3 rings (SSSR count). The van der Waals surface area contributed by atoms with Crippen LogP contribution in [0.5, 0.6) is 0 Å². The number of nitrogens with two attached hydrogens (primary N) is 1. The van der Waals surface area contributed by atoms with Crippen molar-refractivity contribution >= 4 is 23.1 Å². The molecule has 19 heavy (non-hydrogen) atoms. The Bertz CT molecular complexity index is 608. The van der Waals surface area contributed by atoms with Gasteiger partial charge in [0.15, 0.2) is 0 Å². The van der Waals surface area contributed by atoms with Gasteiger partial charge in [-0.25, -0.2) is 4.98 Å². The average molecular weight is 273 g/mol. The van der Waals surface area contributed by atoms with E-state index in [0.29, 0.717) is 11.4 Å². The van der Waals surface area contributed by atoms with Crippen LogP contribution in [0.25, 0.3) is 0 Å². The minimum absolute atomic E-state index is 0.225. The Morgan fingerprint density at radius 2 is 2.37 bits per heavy atom. The highest BCUT2D eigenvalue weighted by Crippen LogP contribution is 2.35. The van der Waals surface area contributed by atoms with Crippen LogP contribution in [-0.2, 0) is 6.42 Å². The molecule has 3 N–H and O–H groups in total. The molecule has 0 aliphatic heterocycles. The number of pyridine rings is 1. The number of rotatable bonds is 3. The van der Waals surface area contributed by atoms with E-state index in [2.05, 4.69) is 21.7 Å². The van der Waals surface area contributed by atoms with Crippen LogP contribution >= 0.6 is 11.3 Å². The first-order chi connectivity index (χ1) is 9.25. The second kappa shape index (κ2) is 5.01. The van der Waals surface area contributed by atoms with Crippen LogP contribution in [0, 0.1) is 0 Å². The topological polar surface area (TPSA) is 68.0 Å². The van der Waals surface area contributed by atoms with E-state index in [4.69, 9.17) is 5.73 Å². The SMILES string of the molecule is NC(=O)c1cccnc1NC1CCCc2sccc21. The monoisotopic (exact) mass is 273 g/mol. The molecular formula is C14H15N3OS. The van der Waals surface area contributed by atoms with Gasteiger partial charge in [0, 0.05) is 11.1 Å². The first-order valence-electron chi connectivity index (χ1n) is 6.33. The summed E-state index contributed by atoms with van der Waals surface area (Å²) >= 11 is 1.80. The molecule has 1 amide bonds. The predicted molar refractivity (Wildman–Crippen MR) is 76.4 cm³/mol. The minimum atomic E-state index is -0.447. The molecule has 0 radical (unpaired) electrons. The van der Waals surface area contributed by atoms with Crippen molar-refractivity contribution in [1.29, 1.82) is 0 Å². The molecular weight excluding hydrogens is 258 g/mol. The lowest BCUT2D eigenvalue weighted by atomic mass is 9.94. The fourth-order valence-corrected chi connectivity index (χ4v) is 3.51. The van der Waals surface area contributed by atoms with Gasteiger partial charge >= 0.3 is 0 Å². The molecule has 1 unspecified atom stereocenters. The Morgan fingerprint density at radius 3 is 3.21 bits per heavy atom. The van der Waals surface area contributed by atoms with Crippen molar-refractivity contribution in [3.63, 3.8) is 0 Å². The zero-order chi connectivity index (χ0) is 13.2. The number of anilines is 1. The maximum atomic E-state index is 11.4. The van der Waals surface area contributed by atoms with E-state index in [1.165, 1.54) is 10.4 Å². The summed E-state index contributed by atoms with van der Waals surface area (Å²) in [7, 11) is 0. The van der Waals surface area contributed by atoms with Crippen LogP contribution in [0.1, 0.15) is 39.7 Å². The fourth-order valence-electron chi connectivity index (χ4n) is 2.52. The Kier molecular flexibility index (Phi) is 3.21. The number of fused-ring (bicyclic) bond motifs is 1. The lowest BCUT2D eigenvalue weighted by Crippen LogP contribution is -2.20.